The average molecular weight is 403 g/mol. The van der Waals surface area contributed by atoms with E-state index in [4.69, 9.17) is 4.52 Å². The standard InChI is InChI=1S/C18H21N5O4S/c1-28(25,26)23-8-14(16-20-15(21-27-16)12-4-5-12)18(11-23)9-22(10-18)17(24)13-3-2-6-19-7-13/h2-3,6-7,12,14H,4-5,8-11H2,1H3. The Hall–Kier alpha value is -2.33. The maximum Gasteiger partial charge on any atom is 0.255 e. The van der Waals surface area contributed by atoms with Crippen LogP contribution in [0.25, 0.3) is 0 Å². The van der Waals surface area contributed by atoms with Crippen LogP contribution in [0.3, 0.4) is 0 Å². The van der Waals surface area contributed by atoms with Crippen LogP contribution in [0.1, 0.15) is 46.8 Å². The summed E-state index contributed by atoms with van der Waals surface area (Å²) in [5.41, 5.74) is 0.134. The molecule has 4 heterocycles. The summed E-state index contributed by atoms with van der Waals surface area (Å²) in [6, 6.07) is 3.46. The topological polar surface area (TPSA) is 110 Å². The molecule has 1 saturated carbocycles. The molecule has 0 N–H and O–H groups in total. The van der Waals surface area contributed by atoms with Crippen molar-refractivity contribution in [3.8, 4) is 0 Å². The second kappa shape index (κ2) is 6.08. The Morgan fingerprint density at radius 3 is 2.71 bits per heavy atom. The molecule has 1 atom stereocenters. The monoisotopic (exact) mass is 403 g/mol. The van der Waals surface area contributed by atoms with Gasteiger partial charge in [0.1, 0.15) is 0 Å². The fourth-order valence-electron chi connectivity index (χ4n) is 4.26. The third-order valence-corrected chi connectivity index (χ3v) is 7.21. The van der Waals surface area contributed by atoms with E-state index in [1.54, 1.807) is 29.4 Å². The van der Waals surface area contributed by atoms with Crippen LogP contribution >= 0.6 is 0 Å². The molecule has 28 heavy (non-hydrogen) atoms. The molecule has 0 radical (unpaired) electrons. The van der Waals surface area contributed by atoms with Gasteiger partial charge in [-0.1, -0.05) is 5.16 Å². The SMILES string of the molecule is CS(=O)(=O)N1CC(c2nc(C3CC3)no2)C2(CN(C(=O)c3cccnc3)C2)C1. The number of hydrogen-bond donors (Lipinski definition) is 0. The minimum Gasteiger partial charge on any atom is -0.339 e. The predicted molar refractivity (Wildman–Crippen MR) is 98.0 cm³/mol. The number of amides is 1. The summed E-state index contributed by atoms with van der Waals surface area (Å²) < 4.78 is 31.3. The normalized spacial score (nSPS) is 24.5. The molecule has 2 aromatic heterocycles. The zero-order valence-corrected chi connectivity index (χ0v) is 16.3. The maximum absolute atomic E-state index is 12.7. The van der Waals surface area contributed by atoms with Gasteiger partial charge in [-0.25, -0.2) is 12.7 Å². The van der Waals surface area contributed by atoms with Gasteiger partial charge in [-0.2, -0.15) is 4.98 Å². The molecule has 1 unspecified atom stereocenters. The summed E-state index contributed by atoms with van der Waals surface area (Å²) in [6.07, 6.45) is 6.51. The highest BCUT2D eigenvalue weighted by atomic mass is 32.2. The van der Waals surface area contributed by atoms with Crippen molar-refractivity contribution in [2.75, 3.05) is 32.4 Å². The lowest BCUT2D eigenvalue weighted by Crippen LogP contribution is -2.61. The van der Waals surface area contributed by atoms with Crippen molar-refractivity contribution in [3.05, 3.63) is 41.8 Å². The second-order valence-electron chi connectivity index (χ2n) is 8.14. The van der Waals surface area contributed by atoms with Gasteiger partial charge in [0.15, 0.2) is 5.82 Å². The lowest BCUT2D eigenvalue weighted by molar-refractivity contribution is 0.00129. The van der Waals surface area contributed by atoms with Gasteiger partial charge in [0.05, 0.1) is 17.7 Å². The van der Waals surface area contributed by atoms with E-state index >= 15 is 0 Å². The fourth-order valence-corrected chi connectivity index (χ4v) is 5.17. The number of sulfonamides is 1. The number of hydrogen-bond acceptors (Lipinski definition) is 7. The Bertz CT molecular complexity index is 1010. The highest BCUT2D eigenvalue weighted by Crippen LogP contribution is 2.50. The Morgan fingerprint density at radius 2 is 2.07 bits per heavy atom. The van der Waals surface area contributed by atoms with Gasteiger partial charge in [0, 0.05) is 49.9 Å². The Morgan fingerprint density at radius 1 is 1.29 bits per heavy atom. The molecular formula is C18H21N5O4S. The first-order valence-corrected chi connectivity index (χ1v) is 11.2. The molecule has 1 aliphatic carbocycles. The van der Waals surface area contributed by atoms with E-state index in [1.165, 1.54) is 10.6 Å². The fraction of sp³-hybridized carbons (Fsp3) is 0.556. The molecule has 1 amide bonds. The minimum atomic E-state index is -3.35. The van der Waals surface area contributed by atoms with E-state index in [9.17, 15) is 13.2 Å². The van der Waals surface area contributed by atoms with Gasteiger partial charge in [-0.15, -0.1) is 0 Å². The largest absolute Gasteiger partial charge is 0.339 e. The smallest absolute Gasteiger partial charge is 0.255 e. The molecule has 2 aliphatic heterocycles. The molecule has 148 valence electrons. The van der Waals surface area contributed by atoms with Gasteiger partial charge in [0.25, 0.3) is 5.91 Å². The molecule has 9 nitrogen and oxygen atoms in total. The van der Waals surface area contributed by atoms with Crippen molar-refractivity contribution >= 4 is 15.9 Å². The van der Waals surface area contributed by atoms with Crippen LogP contribution in [-0.4, -0.2) is 71.1 Å². The molecule has 3 aliphatic rings. The summed E-state index contributed by atoms with van der Waals surface area (Å²) in [5.74, 6) is 1.26. The van der Waals surface area contributed by atoms with E-state index in [1.807, 2.05) is 0 Å². The van der Waals surface area contributed by atoms with Gasteiger partial charge in [-0.3, -0.25) is 9.78 Å². The molecule has 0 aromatic carbocycles. The zero-order valence-electron chi connectivity index (χ0n) is 15.5. The number of rotatable bonds is 4. The molecule has 0 bridgehead atoms. The molecule has 2 aromatic rings. The lowest BCUT2D eigenvalue weighted by atomic mass is 9.71. The number of nitrogens with zero attached hydrogens (tertiary/aromatic N) is 5. The minimum absolute atomic E-state index is 0.0977. The van der Waals surface area contributed by atoms with Crippen LogP contribution in [0, 0.1) is 5.41 Å². The molecular weight excluding hydrogens is 382 g/mol. The Labute approximate surface area is 162 Å². The highest BCUT2D eigenvalue weighted by Gasteiger charge is 2.59. The van der Waals surface area contributed by atoms with Crippen molar-refractivity contribution < 1.29 is 17.7 Å². The third-order valence-electron chi connectivity index (χ3n) is 5.99. The number of carbonyl (C=O) groups is 1. The summed E-state index contributed by atoms with van der Waals surface area (Å²) in [7, 11) is -3.35. The van der Waals surface area contributed by atoms with Crippen molar-refractivity contribution in [3.63, 3.8) is 0 Å². The van der Waals surface area contributed by atoms with Gasteiger partial charge in [0.2, 0.25) is 15.9 Å². The summed E-state index contributed by atoms with van der Waals surface area (Å²) in [4.78, 5) is 23.0. The van der Waals surface area contributed by atoms with Gasteiger partial charge >= 0.3 is 0 Å². The van der Waals surface area contributed by atoms with Gasteiger partial charge < -0.3 is 9.42 Å². The molecule has 3 fully saturated rings. The number of carbonyl (C=O) groups excluding carboxylic acids is 1. The first-order valence-electron chi connectivity index (χ1n) is 9.34. The van der Waals surface area contributed by atoms with Crippen LogP contribution in [-0.2, 0) is 10.0 Å². The van der Waals surface area contributed by atoms with Crippen LogP contribution in [0.5, 0.6) is 0 Å². The predicted octanol–water partition coefficient (Wildman–Crippen LogP) is 0.843. The first kappa shape index (κ1) is 17.7. The van der Waals surface area contributed by atoms with Gasteiger partial charge in [-0.05, 0) is 25.0 Å². The number of likely N-dealkylation sites (tertiary alicyclic amines) is 1. The Kier molecular flexibility index (Phi) is 3.86. The maximum atomic E-state index is 12.7. The number of pyridine rings is 1. The van der Waals surface area contributed by atoms with Crippen molar-refractivity contribution in [2.24, 2.45) is 5.41 Å². The molecule has 10 heteroatoms. The van der Waals surface area contributed by atoms with Crippen LogP contribution in [0.4, 0.5) is 0 Å². The molecule has 5 rings (SSSR count). The highest BCUT2D eigenvalue weighted by molar-refractivity contribution is 7.88. The van der Waals surface area contributed by atoms with Crippen molar-refractivity contribution in [1.82, 2.24) is 24.3 Å². The Balaban J connectivity index is 1.40. The quantitative estimate of drug-likeness (QED) is 0.744. The molecule has 1 spiro atoms. The first-order chi connectivity index (χ1) is 13.4. The van der Waals surface area contributed by atoms with Crippen LogP contribution < -0.4 is 0 Å². The molecule has 2 saturated heterocycles. The number of aromatic nitrogens is 3. The summed E-state index contributed by atoms with van der Waals surface area (Å²) in [6.45, 7) is 1.58. The van der Waals surface area contributed by atoms with E-state index in [-0.39, 0.29) is 11.8 Å². The van der Waals surface area contributed by atoms with E-state index in [0.717, 1.165) is 12.8 Å². The van der Waals surface area contributed by atoms with Crippen molar-refractivity contribution in [1.29, 1.82) is 0 Å². The zero-order chi connectivity index (χ0) is 19.5. The second-order valence-corrected chi connectivity index (χ2v) is 10.1. The third kappa shape index (κ3) is 2.91. The summed E-state index contributed by atoms with van der Waals surface area (Å²) in [5, 5.41) is 4.09. The lowest BCUT2D eigenvalue weighted by Gasteiger charge is -2.50. The van der Waals surface area contributed by atoms with E-state index in [2.05, 4.69) is 15.1 Å². The van der Waals surface area contributed by atoms with E-state index in [0.29, 0.717) is 49.4 Å². The van der Waals surface area contributed by atoms with E-state index < -0.39 is 15.4 Å². The summed E-state index contributed by atoms with van der Waals surface area (Å²) >= 11 is 0. The average Bonchev–Trinajstić information content (AvgIpc) is 3.22. The van der Waals surface area contributed by atoms with Crippen molar-refractivity contribution in [2.45, 2.75) is 24.7 Å². The van der Waals surface area contributed by atoms with Crippen LogP contribution in [0.2, 0.25) is 0 Å². The van der Waals surface area contributed by atoms with Crippen LogP contribution in [0.15, 0.2) is 29.0 Å².